The Morgan fingerprint density at radius 3 is 2.65 bits per heavy atom. The molecule has 3 N–H and O–H groups in total. The molecule has 1 aliphatic carbocycles. The summed E-state index contributed by atoms with van der Waals surface area (Å²) >= 11 is 1.46. The van der Waals surface area contributed by atoms with Crippen molar-refractivity contribution in [1.82, 2.24) is 0 Å². The van der Waals surface area contributed by atoms with Gasteiger partial charge in [-0.25, -0.2) is 0 Å². The molecule has 166 valence electrons. The number of methoxy groups -OCH3 is 1. The second-order valence-electron chi connectivity index (χ2n) is 7.91. The number of rotatable bonds is 8. The largest absolute Gasteiger partial charge is 0.497 e. The molecule has 1 aromatic heterocycles. The molecule has 1 aliphatic rings. The van der Waals surface area contributed by atoms with Crippen molar-refractivity contribution >= 4 is 39.8 Å². The minimum Gasteiger partial charge on any atom is -0.497 e. The number of fused-ring (bicyclic) bond motifs is 1. The van der Waals surface area contributed by atoms with Crippen LogP contribution in [-0.4, -0.2) is 30.0 Å². The molecule has 0 fully saturated rings. The number of amides is 2. The molecule has 31 heavy (non-hydrogen) atoms. The Morgan fingerprint density at radius 1 is 1.13 bits per heavy atom. The van der Waals surface area contributed by atoms with Crippen LogP contribution in [0.1, 0.15) is 59.8 Å². The van der Waals surface area contributed by atoms with E-state index < -0.39 is 5.97 Å². The monoisotopic (exact) mass is 444 g/mol. The number of hydrogen-bond acceptors (Lipinski definition) is 5. The van der Waals surface area contributed by atoms with Crippen LogP contribution >= 0.6 is 11.3 Å². The van der Waals surface area contributed by atoms with Crippen LogP contribution in [-0.2, 0) is 22.4 Å². The third-order valence-corrected chi connectivity index (χ3v) is 6.49. The van der Waals surface area contributed by atoms with Crippen LogP contribution in [0.4, 0.5) is 10.7 Å². The van der Waals surface area contributed by atoms with E-state index in [-0.39, 0.29) is 30.6 Å². The fraction of sp³-hybridized carbons (Fsp3) is 0.435. The molecule has 0 saturated carbocycles. The number of hydrogen-bond donors (Lipinski definition) is 3. The molecule has 0 saturated heterocycles. The topological polar surface area (TPSA) is 105 Å². The van der Waals surface area contributed by atoms with Gasteiger partial charge in [-0.05, 0) is 49.3 Å². The number of ether oxygens (including phenoxy) is 1. The van der Waals surface area contributed by atoms with E-state index in [1.165, 1.54) is 11.3 Å². The second kappa shape index (κ2) is 10.4. The molecule has 0 aliphatic heterocycles. The summed E-state index contributed by atoms with van der Waals surface area (Å²) in [7, 11) is 1.57. The molecule has 1 unspecified atom stereocenters. The predicted molar refractivity (Wildman–Crippen MR) is 121 cm³/mol. The van der Waals surface area contributed by atoms with Crippen LogP contribution in [0.15, 0.2) is 24.3 Å². The third kappa shape index (κ3) is 6.07. The average Bonchev–Trinajstić information content (AvgIpc) is 2.87. The van der Waals surface area contributed by atoms with Gasteiger partial charge in [0, 0.05) is 29.5 Å². The summed E-state index contributed by atoms with van der Waals surface area (Å²) in [5.74, 6) is -1.11. The first-order chi connectivity index (χ1) is 14.9. The molecule has 2 aromatic rings. The summed E-state index contributed by atoms with van der Waals surface area (Å²) in [4.78, 5) is 37.8. The number of nitrogens with one attached hydrogen (secondary N) is 2. The lowest BCUT2D eigenvalue weighted by atomic mass is 10.0. The number of thiophene rings is 1. The van der Waals surface area contributed by atoms with Crippen molar-refractivity contribution in [2.24, 2.45) is 5.92 Å². The lowest BCUT2D eigenvalue weighted by Crippen LogP contribution is -2.20. The van der Waals surface area contributed by atoms with Gasteiger partial charge in [0.2, 0.25) is 5.91 Å². The minimum absolute atomic E-state index is 0.0719. The average molecular weight is 445 g/mol. The van der Waals surface area contributed by atoms with Gasteiger partial charge < -0.3 is 20.5 Å². The van der Waals surface area contributed by atoms with E-state index in [0.29, 0.717) is 22.0 Å². The summed E-state index contributed by atoms with van der Waals surface area (Å²) < 4.78 is 5.23. The standard InChI is InChI=1S/C23H28N2O5S/c1-14(12-20(27)28)11-19(26)25-23-21(17-9-4-3-5-10-18(17)31-23)22(29)24-15-7-6-8-16(13-15)30-2/h6-8,13-14H,3-5,9-12H2,1-2H3,(H,24,29)(H,25,26)(H,27,28). The highest BCUT2D eigenvalue weighted by Gasteiger charge is 2.26. The molecule has 2 amide bonds. The minimum atomic E-state index is -0.929. The molecule has 1 heterocycles. The van der Waals surface area contributed by atoms with E-state index in [2.05, 4.69) is 10.6 Å². The quantitative estimate of drug-likeness (QED) is 0.511. The molecule has 7 nitrogen and oxygen atoms in total. The number of carbonyl (C=O) groups is 3. The van der Waals surface area contributed by atoms with Crippen molar-refractivity contribution in [3.8, 4) is 5.75 Å². The zero-order valence-electron chi connectivity index (χ0n) is 17.8. The fourth-order valence-electron chi connectivity index (χ4n) is 3.83. The zero-order valence-corrected chi connectivity index (χ0v) is 18.6. The summed E-state index contributed by atoms with van der Waals surface area (Å²) in [6, 6.07) is 7.14. The van der Waals surface area contributed by atoms with E-state index in [4.69, 9.17) is 9.84 Å². The molecule has 0 spiro atoms. The number of aryl methyl sites for hydroxylation is 1. The molecule has 0 bridgehead atoms. The summed E-state index contributed by atoms with van der Waals surface area (Å²) in [5.41, 5.74) is 2.14. The molecule has 3 rings (SSSR count). The van der Waals surface area contributed by atoms with Gasteiger partial charge in [0.1, 0.15) is 10.8 Å². The first kappa shape index (κ1) is 22.8. The molecule has 8 heteroatoms. The van der Waals surface area contributed by atoms with Crippen molar-refractivity contribution in [2.75, 3.05) is 17.7 Å². The lowest BCUT2D eigenvalue weighted by molar-refractivity contribution is -0.138. The maximum absolute atomic E-state index is 13.3. The van der Waals surface area contributed by atoms with Crippen LogP contribution in [0.3, 0.4) is 0 Å². The van der Waals surface area contributed by atoms with Crippen molar-refractivity contribution < 1.29 is 24.2 Å². The van der Waals surface area contributed by atoms with Crippen LogP contribution in [0.2, 0.25) is 0 Å². The maximum Gasteiger partial charge on any atom is 0.303 e. The molecular weight excluding hydrogens is 416 g/mol. The van der Waals surface area contributed by atoms with E-state index in [9.17, 15) is 14.4 Å². The van der Waals surface area contributed by atoms with Gasteiger partial charge in [0.05, 0.1) is 12.7 Å². The highest BCUT2D eigenvalue weighted by Crippen LogP contribution is 2.38. The molecule has 0 radical (unpaired) electrons. The first-order valence-electron chi connectivity index (χ1n) is 10.5. The Balaban J connectivity index is 1.84. The maximum atomic E-state index is 13.3. The Kier molecular flexibility index (Phi) is 7.68. The highest BCUT2D eigenvalue weighted by molar-refractivity contribution is 7.17. The summed E-state index contributed by atoms with van der Waals surface area (Å²) in [6.45, 7) is 1.73. The van der Waals surface area contributed by atoms with Crippen molar-refractivity contribution in [1.29, 1.82) is 0 Å². The van der Waals surface area contributed by atoms with Gasteiger partial charge in [-0.1, -0.05) is 19.4 Å². The first-order valence-corrected chi connectivity index (χ1v) is 11.3. The Hall–Kier alpha value is -2.87. The van der Waals surface area contributed by atoms with E-state index in [1.54, 1.807) is 38.3 Å². The van der Waals surface area contributed by atoms with E-state index in [1.807, 2.05) is 0 Å². The van der Waals surface area contributed by atoms with Gasteiger partial charge in [0.25, 0.3) is 5.91 Å². The number of carbonyl (C=O) groups excluding carboxylic acids is 2. The van der Waals surface area contributed by atoms with Gasteiger partial charge in [-0.15, -0.1) is 11.3 Å². The number of benzene rings is 1. The number of anilines is 2. The van der Waals surface area contributed by atoms with Crippen LogP contribution in [0.5, 0.6) is 5.75 Å². The smallest absolute Gasteiger partial charge is 0.303 e. The molecular formula is C23H28N2O5S. The van der Waals surface area contributed by atoms with Crippen LogP contribution < -0.4 is 15.4 Å². The van der Waals surface area contributed by atoms with Crippen molar-refractivity contribution in [3.63, 3.8) is 0 Å². The van der Waals surface area contributed by atoms with Crippen molar-refractivity contribution in [3.05, 3.63) is 40.3 Å². The van der Waals surface area contributed by atoms with Crippen LogP contribution in [0, 0.1) is 5.92 Å². The Bertz CT molecular complexity index is 969. The Morgan fingerprint density at radius 2 is 1.90 bits per heavy atom. The molecule has 1 atom stereocenters. The highest BCUT2D eigenvalue weighted by atomic mass is 32.1. The summed E-state index contributed by atoms with van der Waals surface area (Å²) in [5, 5.41) is 15.3. The Labute approximate surface area is 185 Å². The van der Waals surface area contributed by atoms with Gasteiger partial charge in [-0.2, -0.15) is 0 Å². The third-order valence-electron chi connectivity index (χ3n) is 5.29. The molecule has 1 aromatic carbocycles. The van der Waals surface area contributed by atoms with E-state index >= 15 is 0 Å². The zero-order chi connectivity index (χ0) is 22.4. The summed E-state index contributed by atoms with van der Waals surface area (Å²) in [6.07, 6.45) is 4.90. The number of carboxylic acid groups (broad SMARTS) is 1. The number of carboxylic acids is 1. The van der Waals surface area contributed by atoms with Crippen LogP contribution in [0.25, 0.3) is 0 Å². The second-order valence-corrected chi connectivity index (χ2v) is 9.02. The normalized spacial score (nSPS) is 14.1. The predicted octanol–water partition coefficient (Wildman–Crippen LogP) is 4.72. The lowest BCUT2D eigenvalue weighted by Gasteiger charge is -2.12. The van der Waals surface area contributed by atoms with E-state index in [0.717, 1.165) is 42.5 Å². The fourth-order valence-corrected chi connectivity index (χ4v) is 5.13. The van der Waals surface area contributed by atoms with Gasteiger partial charge in [0.15, 0.2) is 0 Å². The number of aliphatic carboxylic acids is 1. The van der Waals surface area contributed by atoms with Gasteiger partial charge in [-0.3, -0.25) is 14.4 Å². The van der Waals surface area contributed by atoms with Crippen molar-refractivity contribution in [2.45, 2.75) is 51.9 Å². The SMILES string of the molecule is COc1cccc(NC(=O)c2c(NC(=O)CC(C)CC(=O)O)sc3c2CCCCC3)c1. The van der Waals surface area contributed by atoms with Gasteiger partial charge >= 0.3 is 5.97 Å².